The topological polar surface area (TPSA) is 47.5 Å². The summed E-state index contributed by atoms with van der Waals surface area (Å²) in [6, 6.07) is 16.0. The molecular formula is C24H22ClN5. The second-order valence-corrected chi connectivity index (χ2v) is 8.13. The highest BCUT2D eigenvalue weighted by Gasteiger charge is 2.22. The van der Waals surface area contributed by atoms with Crippen LogP contribution in [0.2, 0.25) is 5.02 Å². The van der Waals surface area contributed by atoms with Crippen LogP contribution in [0.1, 0.15) is 17.8 Å². The molecule has 0 spiro atoms. The van der Waals surface area contributed by atoms with Gasteiger partial charge in [-0.2, -0.15) is 0 Å². The third kappa shape index (κ3) is 4.25. The number of imidazole rings is 1. The van der Waals surface area contributed by atoms with E-state index in [9.17, 15) is 0 Å². The lowest BCUT2D eigenvalue weighted by Gasteiger charge is -2.33. The lowest BCUT2D eigenvalue weighted by atomic mass is 10.0. The summed E-state index contributed by atoms with van der Waals surface area (Å²) in [5, 5.41) is 0.766. The van der Waals surface area contributed by atoms with E-state index in [1.54, 1.807) is 0 Å². The molecule has 2 aliphatic rings. The minimum absolute atomic E-state index is 0.726. The van der Waals surface area contributed by atoms with Gasteiger partial charge in [-0.1, -0.05) is 41.8 Å². The third-order valence-corrected chi connectivity index (χ3v) is 5.71. The van der Waals surface area contributed by atoms with Crippen molar-refractivity contribution in [2.45, 2.75) is 13.0 Å². The van der Waals surface area contributed by atoms with Gasteiger partial charge in [-0.25, -0.2) is 9.98 Å². The molecule has 2 aromatic carbocycles. The molecule has 6 heteroatoms. The van der Waals surface area contributed by atoms with Gasteiger partial charge in [0.15, 0.2) is 5.82 Å². The maximum Gasteiger partial charge on any atom is 0.183 e. The van der Waals surface area contributed by atoms with E-state index < -0.39 is 0 Å². The molecule has 0 fully saturated rings. The third-order valence-electron chi connectivity index (χ3n) is 5.46. The van der Waals surface area contributed by atoms with Crippen LogP contribution in [-0.4, -0.2) is 52.3 Å². The molecule has 3 aromatic rings. The first-order chi connectivity index (χ1) is 14.7. The summed E-state index contributed by atoms with van der Waals surface area (Å²) in [5.74, 6) is 7.18. The number of benzene rings is 2. The molecule has 5 nitrogen and oxygen atoms in total. The molecule has 0 bridgehead atoms. The summed E-state index contributed by atoms with van der Waals surface area (Å²) in [4.78, 5) is 17.1. The molecule has 0 unspecified atom stereocenters. The highest BCUT2D eigenvalue weighted by atomic mass is 35.5. The first kappa shape index (κ1) is 18.9. The molecule has 0 saturated heterocycles. The number of hydrogen-bond acceptors (Lipinski definition) is 4. The van der Waals surface area contributed by atoms with Gasteiger partial charge in [0.25, 0.3) is 0 Å². The van der Waals surface area contributed by atoms with Crippen LogP contribution in [0.15, 0.2) is 64.8 Å². The first-order valence-corrected chi connectivity index (χ1v) is 10.5. The van der Waals surface area contributed by atoms with Crippen LogP contribution in [0.25, 0.3) is 11.0 Å². The fourth-order valence-electron chi connectivity index (χ4n) is 3.92. The Labute approximate surface area is 181 Å². The van der Waals surface area contributed by atoms with Gasteiger partial charge in [0.2, 0.25) is 0 Å². The van der Waals surface area contributed by atoms with Crippen molar-refractivity contribution in [3.63, 3.8) is 0 Å². The normalized spacial score (nSPS) is 16.5. The molecule has 2 aliphatic heterocycles. The van der Waals surface area contributed by atoms with Gasteiger partial charge in [0.1, 0.15) is 0 Å². The van der Waals surface area contributed by atoms with Crippen LogP contribution in [-0.2, 0) is 6.54 Å². The van der Waals surface area contributed by atoms with E-state index in [-0.39, 0.29) is 0 Å². The van der Waals surface area contributed by atoms with Crippen LogP contribution in [0.3, 0.4) is 0 Å². The van der Waals surface area contributed by atoms with Gasteiger partial charge < -0.3 is 9.88 Å². The molecule has 1 aromatic heterocycles. The summed E-state index contributed by atoms with van der Waals surface area (Å²) in [6.45, 7) is 4.38. The summed E-state index contributed by atoms with van der Waals surface area (Å²) in [6.07, 6.45) is 2.96. The minimum atomic E-state index is 0.726. The van der Waals surface area contributed by atoms with E-state index in [0.29, 0.717) is 0 Å². The number of nitrogens with one attached hydrogen (secondary N) is 1. The fraction of sp³-hybridized carbons (Fsp3) is 0.250. The number of aliphatic imine (C=N–C) groups is 1. The van der Waals surface area contributed by atoms with Gasteiger partial charge in [-0.15, -0.1) is 0 Å². The average Bonchev–Trinajstić information content (AvgIpc) is 3.18. The number of halogens is 1. The lowest BCUT2D eigenvalue weighted by Crippen LogP contribution is -2.38. The highest BCUT2D eigenvalue weighted by molar-refractivity contribution is 6.30. The van der Waals surface area contributed by atoms with E-state index in [2.05, 4.69) is 43.7 Å². The summed E-state index contributed by atoms with van der Waals surface area (Å²) >= 11 is 5.99. The van der Waals surface area contributed by atoms with E-state index in [0.717, 1.165) is 61.0 Å². The van der Waals surface area contributed by atoms with Gasteiger partial charge in [-0.3, -0.25) is 4.90 Å². The second-order valence-electron chi connectivity index (χ2n) is 7.69. The van der Waals surface area contributed by atoms with Crippen LogP contribution >= 0.6 is 11.6 Å². The zero-order valence-corrected chi connectivity index (χ0v) is 17.4. The van der Waals surface area contributed by atoms with Gasteiger partial charge in [0.05, 0.1) is 23.9 Å². The standard InChI is InChI=1S/C24H22ClN5/c25-20-9-7-18(8-10-20)14-30-16-19-15-29(13-11-21(19)26-17-30)12-3-6-24-27-22-4-1-2-5-23(22)28-24/h1-2,4-5,7-10,17H,11-16H2,(H,27,28). The maximum absolute atomic E-state index is 5.99. The van der Waals surface area contributed by atoms with E-state index in [1.807, 2.05) is 42.7 Å². The number of nitrogens with zero attached hydrogens (tertiary/aromatic N) is 4. The molecular weight excluding hydrogens is 394 g/mol. The molecule has 0 amide bonds. The van der Waals surface area contributed by atoms with E-state index >= 15 is 0 Å². The second kappa shape index (κ2) is 8.35. The first-order valence-electron chi connectivity index (χ1n) is 10.1. The number of hydrogen-bond donors (Lipinski definition) is 1. The lowest BCUT2D eigenvalue weighted by molar-refractivity contribution is 0.300. The van der Waals surface area contributed by atoms with Crippen molar-refractivity contribution in [2.24, 2.45) is 4.99 Å². The van der Waals surface area contributed by atoms with Crippen molar-refractivity contribution in [2.75, 3.05) is 26.2 Å². The molecule has 0 atom stereocenters. The SMILES string of the molecule is Clc1ccc(CN2C=NC3=C(C2)CN(CC#Cc2nc4ccccc4[nH]2)CC3)cc1. The highest BCUT2D eigenvalue weighted by Crippen LogP contribution is 2.23. The minimum Gasteiger partial charge on any atom is -0.354 e. The summed E-state index contributed by atoms with van der Waals surface area (Å²) in [5.41, 5.74) is 5.84. The number of rotatable bonds is 3. The number of fused-ring (bicyclic) bond motifs is 1. The van der Waals surface area contributed by atoms with Crippen molar-refractivity contribution in [3.8, 4) is 11.8 Å². The zero-order chi connectivity index (χ0) is 20.3. The number of aromatic amines is 1. The van der Waals surface area contributed by atoms with Crippen molar-refractivity contribution >= 4 is 29.0 Å². The van der Waals surface area contributed by atoms with Gasteiger partial charge >= 0.3 is 0 Å². The molecule has 0 aliphatic carbocycles. The van der Waals surface area contributed by atoms with Gasteiger partial charge in [-0.05, 0) is 41.3 Å². The Morgan fingerprint density at radius 2 is 1.93 bits per heavy atom. The summed E-state index contributed by atoms with van der Waals surface area (Å²) in [7, 11) is 0. The van der Waals surface area contributed by atoms with E-state index in [4.69, 9.17) is 16.6 Å². The van der Waals surface area contributed by atoms with Crippen molar-refractivity contribution < 1.29 is 0 Å². The van der Waals surface area contributed by atoms with Crippen LogP contribution in [0.5, 0.6) is 0 Å². The molecule has 0 radical (unpaired) electrons. The summed E-state index contributed by atoms with van der Waals surface area (Å²) < 4.78 is 0. The number of H-pyrrole nitrogens is 1. The molecule has 150 valence electrons. The van der Waals surface area contributed by atoms with Crippen LogP contribution in [0, 0.1) is 11.8 Å². The number of aromatic nitrogens is 2. The Morgan fingerprint density at radius 3 is 2.80 bits per heavy atom. The Hall–Kier alpha value is -3.07. The number of para-hydroxylation sites is 2. The Balaban J connectivity index is 1.20. The molecule has 5 rings (SSSR count). The zero-order valence-electron chi connectivity index (χ0n) is 16.6. The van der Waals surface area contributed by atoms with Crippen molar-refractivity contribution in [1.82, 2.24) is 19.8 Å². The Morgan fingerprint density at radius 1 is 1.07 bits per heavy atom. The average molecular weight is 416 g/mol. The maximum atomic E-state index is 5.99. The Kier molecular flexibility index (Phi) is 5.27. The van der Waals surface area contributed by atoms with Crippen molar-refractivity contribution in [3.05, 3.63) is 76.2 Å². The van der Waals surface area contributed by atoms with Crippen LogP contribution < -0.4 is 0 Å². The largest absolute Gasteiger partial charge is 0.354 e. The Bertz CT molecular complexity index is 1150. The molecule has 0 saturated carbocycles. The van der Waals surface area contributed by atoms with Crippen molar-refractivity contribution in [1.29, 1.82) is 0 Å². The molecule has 30 heavy (non-hydrogen) atoms. The van der Waals surface area contributed by atoms with Crippen LogP contribution in [0.4, 0.5) is 0 Å². The predicted octanol–water partition coefficient (Wildman–Crippen LogP) is 4.07. The molecule has 3 heterocycles. The smallest absolute Gasteiger partial charge is 0.183 e. The molecule has 1 N–H and O–H groups in total. The quantitative estimate of drug-likeness (QED) is 0.656. The fourth-order valence-corrected chi connectivity index (χ4v) is 4.04. The monoisotopic (exact) mass is 415 g/mol. The van der Waals surface area contributed by atoms with E-state index in [1.165, 1.54) is 16.8 Å². The van der Waals surface area contributed by atoms with Gasteiger partial charge in [0, 0.05) is 43.3 Å². The predicted molar refractivity (Wildman–Crippen MR) is 121 cm³/mol.